The number of ether oxygens (including phenoxy) is 1. The SMILES string of the molecule is CCNCc1coc(Oc2cc(Cl)c(Br)cc2Cl)n1. The van der Waals surface area contributed by atoms with Gasteiger partial charge in [0.1, 0.15) is 6.26 Å². The number of oxazole rings is 1. The molecule has 0 saturated carbocycles. The second-order valence-corrected chi connectivity index (χ2v) is 5.35. The molecular weight excluding hydrogens is 355 g/mol. The second kappa shape index (κ2) is 6.61. The molecule has 7 heteroatoms. The molecule has 0 aliphatic carbocycles. The maximum Gasteiger partial charge on any atom is 0.399 e. The van der Waals surface area contributed by atoms with Gasteiger partial charge >= 0.3 is 6.08 Å². The zero-order valence-electron chi connectivity index (χ0n) is 10.0. The van der Waals surface area contributed by atoms with Crippen LogP contribution in [0.25, 0.3) is 0 Å². The lowest BCUT2D eigenvalue weighted by molar-refractivity contribution is 0.331. The number of benzene rings is 1. The summed E-state index contributed by atoms with van der Waals surface area (Å²) in [4.78, 5) is 4.17. The molecule has 0 amide bonds. The van der Waals surface area contributed by atoms with Crippen LogP contribution in [0.5, 0.6) is 11.8 Å². The Kier molecular flexibility index (Phi) is 5.10. The van der Waals surface area contributed by atoms with E-state index in [4.69, 9.17) is 32.4 Å². The minimum atomic E-state index is 0.133. The van der Waals surface area contributed by atoms with Crippen LogP contribution in [0.3, 0.4) is 0 Å². The van der Waals surface area contributed by atoms with Gasteiger partial charge in [0.25, 0.3) is 0 Å². The normalized spacial score (nSPS) is 10.7. The van der Waals surface area contributed by atoms with E-state index in [1.54, 1.807) is 12.1 Å². The van der Waals surface area contributed by atoms with Crippen molar-refractivity contribution in [2.75, 3.05) is 6.54 Å². The quantitative estimate of drug-likeness (QED) is 0.783. The van der Waals surface area contributed by atoms with Crippen molar-refractivity contribution in [2.24, 2.45) is 0 Å². The van der Waals surface area contributed by atoms with Crippen LogP contribution in [0.1, 0.15) is 12.6 Å². The molecule has 102 valence electrons. The predicted molar refractivity (Wildman–Crippen MR) is 78.1 cm³/mol. The van der Waals surface area contributed by atoms with E-state index >= 15 is 0 Å². The van der Waals surface area contributed by atoms with Crippen molar-refractivity contribution >= 4 is 39.1 Å². The van der Waals surface area contributed by atoms with Crippen LogP contribution in [-0.4, -0.2) is 11.5 Å². The van der Waals surface area contributed by atoms with Gasteiger partial charge in [-0.3, -0.25) is 0 Å². The number of rotatable bonds is 5. The van der Waals surface area contributed by atoms with Gasteiger partial charge in [-0.15, -0.1) is 0 Å². The molecule has 0 spiro atoms. The summed E-state index contributed by atoms with van der Waals surface area (Å²) in [7, 11) is 0. The molecule has 0 aliphatic rings. The summed E-state index contributed by atoms with van der Waals surface area (Å²) in [6.07, 6.45) is 1.67. The molecule has 2 aromatic rings. The fourth-order valence-corrected chi connectivity index (χ4v) is 2.18. The molecule has 0 atom stereocenters. The van der Waals surface area contributed by atoms with E-state index in [0.717, 1.165) is 12.2 Å². The Hall–Kier alpha value is -0.750. The Bertz CT molecular complexity index is 575. The lowest BCUT2D eigenvalue weighted by Crippen LogP contribution is -2.11. The van der Waals surface area contributed by atoms with Crippen molar-refractivity contribution in [2.45, 2.75) is 13.5 Å². The first-order valence-electron chi connectivity index (χ1n) is 5.57. The maximum atomic E-state index is 6.05. The number of hydrogen-bond donors (Lipinski definition) is 1. The molecule has 0 radical (unpaired) electrons. The zero-order chi connectivity index (χ0) is 13.8. The predicted octanol–water partition coefficient (Wildman–Crippen LogP) is 4.65. The molecule has 1 aromatic heterocycles. The molecule has 1 N–H and O–H groups in total. The van der Waals surface area contributed by atoms with Crippen LogP contribution in [0, 0.1) is 0 Å². The van der Waals surface area contributed by atoms with E-state index < -0.39 is 0 Å². The monoisotopic (exact) mass is 364 g/mol. The van der Waals surface area contributed by atoms with Gasteiger partial charge in [-0.25, -0.2) is 0 Å². The highest BCUT2D eigenvalue weighted by molar-refractivity contribution is 9.10. The van der Waals surface area contributed by atoms with E-state index in [1.807, 2.05) is 6.92 Å². The first kappa shape index (κ1) is 14.7. The Balaban J connectivity index is 2.12. The van der Waals surface area contributed by atoms with Crippen molar-refractivity contribution in [1.29, 1.82) is 0 Å². The molecule has 1 aromatic carbocycles. The van der Waals surface area contributed by atoms with E-state index in [0.29, 0.717) is 26.8 Å². The summed E-state index contributed by atoms with van der Waals surface area (Å²) in [5, 5.41) is 4.06. The summed E-state index contributed by atoms with van der Waals surface area (Å²) < 4.78 is 11.4. The largest absolute Gasteiger partial charge is 0.417 e. The van der Waals surface area contributed by atoms with Crippen LogP contribution in [0.4, 0.5) is 0 Å². The van der Waals surface area contributed by atoms with E-state index in [-0.39, 0.29) is 6.08 Å². The third-order valence-corrected chi connectivity index (χ3v) is 3.75. The average Bonchev–Trinajstić information content (AvgIpc) is 2.81. The molecule has 0 saturated heterocycles. The van der Waals surface area contributed by atoms with E-state index in [9.17, 15) is 0 Å². The van der Waals surface area contributed by atoms with Crippen LogP contribution in [-0.2, 0) is 6.54 Å². The minimum Gasteiger partial charge on any atom is -0.417 e. The third kappa shape index (κ3) is 3.86. The summed E-state index contributed by atoms with van der Waals surface area (Å²) in [6.45, 7) is 3.50. The fraction of sp³-hybridized carbons (Fsp3) is 0.250. The standard InChI is InChI=1S/C12H11BrCl2N2O2/c1-2-16-5-7-6-18-12(17-7)19-11-4-9(14)8(13)3-10(11)15/h3-4,6,16H,2,5H2,1H3. The lowest BCUT2D eigenvalue weighted by atomic mass is 10.3. The van der Waals surface area contributed by atoms with Crippen molar-refractivity contribution in [3.05, 3.63) is 38.6 Å². The van der Waals surface area contributed by atoms with Crippen LogP contribution < -0.4 is 10.1 Å². The summed E-state index contributed by atoms with van der Waals surface area (Å²) in [6, 6.07) is 3.25. The van der Waals surface area contributed by atoms with Gasteiger partial charge in [-0.05, 0) is 28.5 Å². The smallest absolute Gasteiger partial charge is 0.399 e. The van der Waals surface area contributed by atoms with Gasteiger partial charge in [0.05, 0.1) is 15.7 Å². The highest BCUT2D eigenvalue weighted by Crippen LogP contribution is 2.36. The fourth-order valence-electron chi connectivity index (χ4n) is 1.35. The van der Waals surface area contributed by atoms with Gasteiger partial charge in [0.15, 0.2) is 5.75 Å². The third-order valence-electron chi connectivity index (χ3n) is 2.26. The average molecular weight is 366 g/mol. The Labute approximate surface area is 129 Å². The molecule has 2 rings (SSSR count). The van der Waals surface area contributed by atoms with E-state index in [2.05, 4.69) is 26.2 Å². The number of hydrogen-bond acceptors (Lipinski definition) is 4. The number of nitrogens with one attached hydrogen (secondary N) is 1. The van der Waals surface area contributed by atoms with Crippen LogP contribution >= 0.6 is 39.1 Å². The maximum absolute atomic E-state index is 6.05. The molecule has 4 nitrogen and oxygen atoms in total. The Morgan fingerprint density at radius 2 is 2.16 bits per heavy atom. The summed E-state index contributed by atoms with van der Waals surface area (Å²) in [5.74, 6) is 0.395. The first-order valence-corrected chi connectivity index (χ1v) is 7.12. The minimum absolute atomic E-state index is 0.133. The first-order chi connectivity index (χ1) is 9.10. The van der Waals surface area contributed by atoms with Crippen molar-refractivity contribution in [3.8, 4) is 11.8 Å². The Morgan fingerprint density at radius 1 is 1.37 bits per heavy atom. The van der Waals surface area contributed by atoms with Crippen LogP contribution in [0.2, 0.25) is 10.0 Å². The molecule has 0 bridgehead atoms. The summed E-state index contributed by atoms with van der Waals surface area (Å²) >= 11 is 15.3. The van der Waals surface area contributed by atoms with E-state index in [1.165, 1.54) is 6.26 Å². The van der Waals surface area contributed by atoms with Gasteiger partial charge < -0.3 is 14.5 Å². The van der Waals surface area contributed by atoms with Gasteiger partial charge in [-0.2, -0.15) is 4.98 Å². The second-order valence-electron chi connectivity index (χ2n) is 3.68. The number of halogens is 3. The number of nitrogens with zero attached hydrogens (tertiary/aromatic N) is 1. The zero-order valence-corrected chi connectivity index (χ0v) is 13.1. The van der Waals surface area contributed by atoms with Gasteiger partial charge in [-0.1, -0.05) is 30.1 Å². The summed E-state index contributed by atoms with van der Waals surface area (Å²) in [5.41, 5.74) is 0.760. The molecule has 1 heterocycles. The molecular formula is C12H11BrCl2N2O2. The van der Waals surface area contributed by atoms with Gasteiger partial charge in [0, 0.05) is 17.1 Å². The van der Waals surface area contributed by atoms with Gasteiger partial charge in [0.2, 0.25) is 0 Å². The highest BCUT2D eigenvalue weighted by Gasteiger charge is 2.11. The number of aromatic nitrogens is 1. The molecule has 0 fully saturated rings. The topological polar surface area (TPSA) is 47.3 Å². The van der Waals surface area contributed by atoms with Crippen molar-refractivity contribution in [1.82, 2.24) is 10.3 Å². The molecule has 0 aliphatic heterocycles. The van der Waals surface area contributed by atoms with Crippen molar-refractivity contribution in [3.63, 3.8) is 0 Å². The Morgan fingerprint density at radius 3 is 2.89 bits per heavy atom. The van der Waals surface area contributed by atoms with Crippen LogP contribution in [0.15, 0.2) is 27.3 Å². The highest BCUT2D eigenvalue weighted by atomic mass is 79.9. The van der Waals surface area contributed by atoms with Crippen molar-refractivity contribution < 1.29 is 9.15 Å². The molecule has 19 heavy (non-hydrogen) atoms. The lowest BCUT2D eigenvalue weighted by Gasteiger charge is -2.05. The molecule has 0 unspecified atom stereocenters.